The lowest BCUT2D eigenvalue weighted by atomic mass is 9.99. The van der Waals surface area contributed by atoms with Crippen LogP contribution in [0.1, 0.15) is 24.0 Å². The molecule has 3 aromatic rings. The van der Waals surface area contributed by atoms with Gasteiger partial charge in [0.1, 0.15) is 0 Å². The fourth-order valence-corrected chi connectivity index (χ4v) is 3.99. The van der Waals surface area contributed by atoms with Crippen molar-refractivity contribution in [2.24, 2.45) is 5.73 Å². The third kappa shape index (κ3) is 3.92. The third-order valence-electron chi connectivity index (χ3n) is 4.29. The molecule has 1 aromatic heterocycles. The van der Waals surface area contributed by atoms with Crippen LogP contribution in [0.2, 0.25) is 5.02 Å². The van der Waals surface area contributed by atoms with E-state index >= 15 is 0 Å². The van der Waals surface area contributed by atoms with Crippen molar-refractivity contribution in [3.05, 3.63) is 57.0 Å². The number of hydrogen-bond acceptors (Lipinski definition) is 1. The van der Waals surface area contributed by atoms with E-state index in [1.54, 1.807) is 12.1 Å². The maximum atomic E-state index is 13.1. The second-order valence-electron chi connectivity index (χ2n) is 6.11. The average Bonchev–Trinajstić information content (AvgIpc) is 2.93. The molecule has 1 heterocycles. The molecule has 0 radical (unpaired) electrons. The lowest BCUT2D eigenvalue weighted by Crippen LogP contribution is -2.04. The number of nitrogens with two attached hydrogens (primary N) is 1. The van der Waals surface area contributed by atoms with Crippen molar-refractivity contribution in [3.8, 4) is 11.3 Å². The molecular formula is C19H17BrClF3N2. The van der Waals surface area contributed by atoms with Gasteiger partial charge in [0, 0.05) is 20.6 Å². The van der Waals surface area contributed by atoms with E-state index in [2.05, 4.69) is 20.9 Å². The van der Waals surface area contributed by atoms with Crippen LogP contribution >= 0.6 is 27.5 Å². The standard InChI is InChI=1S/C19H17BrClF3N2/c20-16-10-13(21)9-15-14(6-1-2-7-25)17(26-18(15)16)11-4-3-5-12(8-11)19(22,23)24/h3-5,8-10,26H,1-2,6-7,25H2. The number of alkyl halides is 3. The number of hydrogen-bond donors (Lipinski definition) is 2. The molecule has 0 atom stereocenters. The first-order valence-corrected chi connectivity index (χ1v) is 9.35. The van der Waals surface area contributed by atoms with Crippen LogP contribution in [0.4, 0.5) is 13.2 Å². The predicted octanol–water partition coefficient (Wildman–Crippen LogP) is 6.55. The van der Waals surface area contributed by atoms with Crippen molar-refractivity contribution in [2.75, 3.05) is 6.54 Å². The number of unbranched alkanes of at least 4 members (excludes halogenated alkanes) is 1. The van der Waals surface area contributed by atoms with E-state index in [9.17, 15) is 13.2 Å². The van der Waals surface area contributed by atoms with Crippen LogP contribution in [0.5, 0.6) is 0 Å². The van der Waals surface area contributed by atoms with E-state index in [0.29, 0.717) is 29.2 Å². The van der Waals surface area contributed by atoms with Gasteiger partial charge in [0.2, 0.25) is 0 Å². The van der Waals surface area contributed by atoms with Crippen molar-refractivity contribution < 1.29 is 13.2 Å². The average molecular weight is 446 g/mol. The molecule has 0 fully saturated rings. The molecule has 0 aliphatic rings. The van der Waals surface area contributed by atoms with Gasteiger partial charge in [0.15, 0.2) is 0 Å². The van der Waals surface area contributed by atoms with E-state index in [1.807, 2.05) is 6.07 Å². The lowest BCUT2D eigenvalue weighted by Gasteiger charge is -2.10. The van der Waals surface area contributed by atoms with Crippen LogP contribution in [0, 0.1) is 0 Å². The Morgan fingerprint density at radius 3 is 2.58 bits per heavy atom. The van der Waals surface area contributed by atoms with Crippen molar-refractivity contribution in [1.29, 1.82) is 0 Å². The molecule has 0 unspecified atom stereocenters. The molecule has 0 spiro atoms. The highest BCUT2D eigenvalue weighted by Gasteiger charge is 2.30. The van der Waals surface area contributed by atoms with Crippen LogP contribution in [-0.4, -0.2) is 11.5 Å². The van der Waals surface area contributed by atoms with Crippen LogP contribution in [-0.2, 0) is 12.6 Å². The second kappa shape index (κ2) is 7.62. The van der Waals surface area contributed by atoms with Gasteiger partial charge >= 0.3 is 6.18 Å². The van der Waals surface area contributed by atoms with Crippen LogP contribution < -0.4 is 5.73 Å². The van der Waals surface area contributed by atoms with Gasteiger partial charge in [-0.1, -0.05) is 23.7 Å². The van der Waals surface area contributed by atoms with Crippen LogP contribution in [0.3, 0.4) is 0 Å². The number of aromatic nitrogens is 1. The Morgan fingerprint density at radius 2 is 1.88 bits per heavy atom. The Bertz CT molecular complexity index is 934. The fraction of sp³-hybridized carbons (Fsp3) is 0.263. The van der Waals surface area contributed by atoms with E-state index in [4.69, 9.17) is 17.3 Å². The van der Waals surface area contributed by atoms with Gasteiger partial charge in [0.05, 0.1) is 11.1 Å². The number of fused-ring (bicyclic) bond motifs is 1. The first kappa shape index (κ1) is 19.3. The summed E-state index contributed by atoms with van der Waals surface area (Å²) in [5.41, 5.74) is 7.88. The maximum Gasteiger partial charge on any atom is 0.416 e. The van der Waals surface area contributed by atoms with E-state index in [1.165, 1.54) is 12.1 Å². The third-order valence-corrected chi connectivity index (χ3v) is 5.14. The zero-order chi connectivity index (χ0) is 18.9. The minimum atomic E-state index is -4.38. The highest BCUT2D eigenvalue weighted by molar-refractivity contribution is 9.10. The topological polar surface area (TPSA) is 41.8 Å². The predicted molar refractivity (Wildman–Crippen MR) is 103 cm³/mol. The van der Waals surface area contributed by atoms with Gasteiger partial charge in [-0.15, -0.1) is 0 Å². The molecule has 0 saturated heterocycles. The monoisotopic (exact) mass is 444 g/mol. The number of rotatable bonds is 5. The Kier molecular flexibility index (Phi) is 5.65. The summed E-state index contributed by atoms with van der Waals surface area (Å²) in [6.07, 6.45) is -1.99. The number of aromatic amines is 1. The SMILES string of the molecule is NCCCCc1c(-c2cccc(C(F)(F)F)c2)[nH]c2c(Br)cc(Cl)cc12. The van der Waals surface area contributed by atoms with Gasteiger partial charge in [-0.3, -0.25) is 0 Å². The zero-order valence-corrected chi connectivity index (χ0v) is 16.1. The summed E-state index contributed by atoms with van der Waals surface area (Å²) in [4.78, 5) is 3.28. The smallest absolute Gasteiger partial charge is 0.353 e. The number of aryl methyl sites for hydroxylation is 1. The van der Waals surface area contributed by atoms with Gasteiger partial charge in [0.25, 0.3) is 0 Å². The Morgan fingerprint density at radius 1 is 1.12 bits per heavy atom. The molecule has 0 aliphatic heterocycles. The molecule has 2 aromatic carbocycles. The van der Waals surface area contributed by atoms with Crippen molar-refractivity contribution in [1.82, 2.24) is 4.98 Å². The molecule has 7 heteroatoms. The highest BCUT2D eigenvalue weighted by Crippen LogP contribution is 2.38. The molecule has 0 saturated carbocycles. The van der Waals surface area contributed by atoms with Gasteiger partial charge in [-0.2, -0.15) is 13.2 Å². The first-order valence-electron chi connectivity index (χ1n) is 8.18. The maximum absolute atomic E-state index is 13.1. The number of H-pyrrole nitrogens is 1. The van der Waals surface area contributed by atoms with E-state index in [-0.39, 0.29) is 0 Å². The Labute approximate surface area is 162 Å². The molecule has 138 valence electrons. The number of nitrogens with one attached hydrogen (secondary N) is 1. The van der Waals surface area contributed by atoms with Gasteiger partial charge in [-0.05, 0) is 77.1 Å². The number of benzene rings is 2. The molecule has 0 amide bonds. The second-order valence-corrected chi connectivity index (χ2v) is 7.40. The van der Waals surface area contributed by atoms with Crippen LogP contribution in [0.15, 0.2) is 40.9 Å². The highest BCUT2D eigenvalue weighted by atomic mass is 79.9. The van der Waals surface area contributed by atoms with Crippen molar-refractivity contribution in [2.45, 2.75) is 25.4 Å². The summed E-state index contributed by atoms with van der Waals surface area (Å²) >= 11 is 9.67. The normalized spacial score (nSPS) is 12.1. The Hall–Kier alpha value is -1.50. The summed E-state index contributed by atoms with van der Waals surface area (Å²) in [5, 5.41) is 1.48. The lowest BCUT2D eigenvalue weighted by molar-refractivity contribution is -0.137. The van der Waals surface area contributed by atoms with Gasteiger partial charge < -0.3 is 10.7 Å². The summed E-state index contributed by atoms with van der Waals surface area (Å²) in [5.74, 6) is 0. The Balaban J connectivity index is 2.18. The quantitative estimate of drug-likeness (QED) is 0.430. The first-order chi connectivity index (χ1) is 12.3. The van der Waals surface area contributed by atoms with Gasteiger partial charge in [-0.25, -0.2) is 0 Å². The zero-order valence-electron chi connectivity index (χ0n) is 13.8. The molecule has 3 N–H and O–H groups in total. The minimum absolute atomic E-state index is 0.502. The summed E-state index contributed by atoms with van der Waals surface area (Å²) in [6.45, 7) is 0.575. The molecular weight excluding hydrogens is 429 g/mol. The van der Waals surface area contributed by atoms with Crippen molar-refractivity contribution in [3.63, 3.8) is 0 Å². The molecule has 26 heavy (non-hydrogen) atoms. The van der Waals surface area contributed by atoms with E-state index in [0.717, 1.165) is 39.8 Å². The van der Waals surface area contributed by atoms with Crippen molar-refractivity contribution >= 4 is 38.4 Å². The van der Waals surface area contributed by atoms with Crippen LogP contribution in [0.25, 0.3) is 22.2 Å². The van der Waals surface area contributed by atoms with E-state index < -0.39 is 11.7 Å². The largest absolute Gasteiger partial charge is 0.416 e. The molecule has 0 aliphatic carbocycles. The molecule has 0 bridgehead atoms. The molecule has 2 nitrogen and oxygen atoms in total. The summed E-state index contributed by atoms with van der Waals surface area (Å²) < 4.78 is 40.1. The summed E-state index contributed by atoms with van der Waals surface area (Å²) in [6, 6.07) is 8.96. The fourth-order valence-electron chi connectivity index (χ4n) is 3.08. The molecule has 3 rings (SSSR count). The number of halogens is 5. The minimum Gasteiger partial charge on any atom is -0.353 e. The summed E-state index contributed by atoms with van der Waals surface area (Å²) in [7, 11) is 0.